The molecule has 0 spiro atoms. The summed E-state index contributed by atoms with van der Waals surface area (Å²) in [5.74, 6) is -0.266. The van der Waals surface area contributed by atoms with Crippen LogP contribution in [0.2, 0.25) is 0 Å². The number of fused-ring (bicyclic) bond motifs is 3. The minimum absolute atomic E-state index is 0.0929. The Morgan fingerprint density at radius 1 is 1.13 bits per heavy atom. The van der Waals surface area contributed by atoms with Crippen LogP contribution < -0.4 is 10.2 Å². The van der Waals surface area contributed by atoms with E-state index in [4.69, 9.17) is 4.42 Å². The van der Waals surface area contributed by atoms with E-state index >= 15 is 0 Å². The number of amides is 2. The Kier molecular flexibility index (Phi) is 4.68. The number of nitrogens with zero attached hydrogens (tertiary/aromatic N) is 2. The molecule has 1 N–H and O–H groups in total. The molecular weight excluding hydrogens is 390 g/mol. The zero-order chi connectivity index (χ0) is 21.8. The highest BCUT2D eigenvalue weighted by Gasteiger charge is 2.49. The second kappa shape index (κ2) is 7.29. The summed E-state index contributed by atoms with van der Waals surface area (Å²) in [6.45, 7) is 6.26. The Morgan fingerprint density at radius 3 is 2.68 bits per heavy atom. The normalized spacial score (nSPS) is 22.0. The van der Waals surface area contributed by atoms with Crippen molar-refractivity contribution in [3.63, 3.8) is 0 Å². The molecule has 1 aliphatic heterocycles. The minimum Gasteiger partial charge on any atom is -0.463 e. The highest BCUT2D eigenvalue weighted by atomic mass is 16.3. The SMILES string of the molecule is Cc1ccc(C)c(N2C(=O)c3cc4occc4n3C[C@@]2(C)C(=O)NC2CCCCC2)c1. The van der Waals surface area contributed by atoms with Crippen LogP contribution in [0.15, 0.2) is 41.0 Å². The van der Waals surface area contributed by atoms with Crippen LogP contribution in [-0.4, -0.2) is 28.0 Å². The van der Waals surface area contributed by atoms with Crippen molar-refractivity contribution >= 4 is 28.6 Å². The van der Waals surface area contributed by atoms with Gasteiger partial charge in [-0.15, -0.1) is 0 Å². The van der Waals surface area contributed by atoms with Crippen molar-refractivity contribution in [2.24, 2.45) is 0 Å². The molecule has 3 aromatic rings. The first-order valence-electron chi connectivity index (χ1n) is 11.2. The molecule has 2 aromatic heterocycles. The molecule has 2 aliphatic rings. The number of carbonyl (C=O) groups is 2. The molecule has 6 heteroatoms. The maximum absolute atomic E-state index is 13.8. The van der Waals surface area contributed by atoms with Crippen LogP contribution in [0.4, 0.5) is 5.69 Å². The summed E-state index contributed by atoms with van der Waals surface area (Å²) in [4.78, 5) is 29.3. The number of hydrogen-bond donors (Lipinski definition) is 1. The van der Waals surface area contributed by atoms with E-state index < -0.39 is 5.54 Å². The lowest BCUT2D eigenvalue weighted by molar-refractivity contribution is -0.127. The van der Waals surface area contributed by atoms with E-state index in [2.05, 4.69) is 5.32 Å². The average molecular weight is 420 g/mol. The van der Waals surface area contributed by atoms with E-state index in [0.29, 0.717) is 17.8 Å². The fraction of sp³-hybridized carbons (Fsp3) is 0.440. The van der Waals surface area contributed by atoms with Gasteiger partial charge in [0.05, 0.1) is 18.3 Å². The molecular formula is C25H29N3O3. The topological polar surface area (TPSA) is 67.5 Å². The lowest BCUT2D eigenvalue weighted by atomic mass is 9.90. The van der Waals surface area contributed by atoms with E-state index in [1.807, 2.05) is 49.6 Å². The van der Waals surface area contributed by atoms with E-state index in [1.165, 1.54) is 6.42 Å². The van der Waals surface area contributed by atoms with Crippen LogP contribution in [0.3, 0.4) is 0 Å². The summed E-state index contributed by atoms with van der Waals surface area (Å²) >= 11 is 0. The van der Waals surface area contributed by atoms with Gasteiger partial charge in [-0.1, -0.05) is 31.4 Å². The van der Waals surface area contributed by atoms with Gasteiger partial charge in [-0.05, 0) is 50.8 Å². The van der Waals surface area contributed by atoms with Gasteiger partial charge in [-0.25, -0.2) is 0 Å². The van der Waals surface area contributed by atoms with Gasteiger partial charge >= 0.3 is 0 Å². The monoisotopic (exact) mass is 419 g/mol. The van der Waals surface area contributed by atoms with Crippen LogP contribution in [0, 0.1) is 13.8 Å². The Bertz CT molecular complexity index is 1170. The quantitative estimate of drug-likeness (QED) is 0.668. The van der Waals surface area contributed by atoms with Gasteiger partial charge in [-0.2, -0.15) is 0 Å². The standard InChI is InChI=1S/C25H29N3O3/c1-16-9-10-17(2)20(13-16)28-23(29)21-14-22-19(11-12-31-22)27(21)15-25(28,3)24(30)26-18-7-5-4-6-8-18/h9-14,18H,4-8,15H2,1-3H3,(H,26,30)/t25-/m0/s1. The molecule has 1 atom stereocenters. The van der Waals surface area contributed by atoms with E-state index in [1.54, 1.807) is 17.2 Å². The second-order valence-electron chi connectivity index (χ2n) is 9.30. The highest BCUT2D eigenvalue weighted by Crippen LogP contribution is 2.38. The fourth-order valence-corrected chi connectivity index (χ4v) is 5.14. The van der Waals surface area contributed by atoms with E-state index in [-0.39, 0.29) is 17.9 Å². The number of anilines is 1. The molecule has 1 saturated carbocycles. The van der Waals surface area contributed by atoms with Gasteiger partial charge in [0.1, 0.15) is 11.2 Å². The lowest BCUT2D eigenvalue weighted by Gasteiger charge is -2.45. The first-order chi connectivity index (χ1) is 14.9. The molecule has 1 aromatic carbocycles. The summed E-state index contributed by atoms with van der Waals surface area (Å²) in [7, 11) is 0. The Labute approximate surface area is 182 Å². The van der Waals surface area contributed by atoms with Crippen molar-refractivity contribution in [2.75, 3.05) is 4.90 Å². The third-order valence-corrected chi connectivity index (χ3v) is 6.94. The summed E-state index contributed by atoms with van der Waals surface area (Å²) in [6, 6.07) is 9.86. The van der Waals surface area contributed by atoms with Crippen LogP contribution in [0.1, 0.15) is 60.6 Å². The van der Waals surface area contributed by atoms with Gasteiger partial charge in [0.2, 0.25) is 5.91 Å². The number of rotatable bonds is 3. The summed E-state index contributed by atoms with van der Waals surface area (Å²) in [5.41, 5.74) is 3.83. The molecule has 1 aliphatic carbocycles. The van der Waals surface area contributed by atoms with Crippen molar-refractivity contribution < 1.29 is 14.0 Å². The third-order valence-electron chi connectivity index (χ3n) is 6.94. The summed E-state index contributed by atoms with van der Waals surface area (Å²) in [6.07, 6.45) is 7.12. The van der Waals surface area contributed by atoms with Crippen LogP contribution in [-0.2, 0) is 11.3 Å². The maximum Gasteiger partial charge on any atom is 0.276 e. The predicted octanol–water partition coefficient (Wildman–Crippen LogP) is 4.72. The zero-order valence-corrected chi connectivity index (χ0v) is 18.4. The molecule has 2 amide bonds. The maximum atomic E-state index is 13.8. The second-order valence-corrected chi connectivity index (χ2v) is 9.30. The van der Waals surface area contributed by atoms with E-state index in [9.17, 15) is 9.59 Å². The van der Waals surface area contributed by atoms with Gasteiger partial charge in [-0.3, -0.25) is 14.5 Å². The molecule has 6 nitrogen and oxygen atoms in total. The number of hydrogen-bond acceptors (Lipinski definition) is 3. The van der Waals surface area contributed by atoms with Gasteiger partial charge in [0.15, 0.2) is 5.58 Å². The largest absolute Gasteiger partial charge is 0.463 e. The van der Waals surface area contributed by atoms with Gasteiger partial charge in [0.25, 0.3) is 5.91 Å². The van der Waals surface area contributed by atoms with Crippen molar-refractivity contribution in [2.45, 2.75) is 71.0 Å². The smallest absolute Gasteiger partial charge is 0.276 e. The number of aryl methyl sites for hydroxylation is 2. The highest BCUT2D eigenvalue weighted by molar-refractivity contribution is 6.14. The van der Waals surface area contributed by atoms with Gasteiger partial charge in [0, 0.05) is 23.9 Å². The molecule has 0 saturated heterocycles. The zero-order valence-electron chi connectivity index (χ0n) is 18.4. The minimum atomic E-state index is -1.05. The molecule has 31 heavy (non-hydrogen) atoms. The first kappa shape index (κ1) is 19.9. The molecule has 0 radical (unpaired) electrons. The van der Waals surface area contributed by atoms with Crippen LogP contribution in [0.5, 0.6) is 0 Å². The van der Waals surface area contributed by atoms with Gasteiger partial charge < -0.3 is 14.3 Å². The predicted molar refractivity (Wildman–Crippen MR) is 120 cm³/mol. The average Bonchev–Trinajstić information content (AvgIpc) is 3.34. The number of carbonyl (C=O) groups excluding carboxylic acids is 2. The number of furan rings is 1. The molecule has 1 fully saturated rings. The number of nitrogens with one attached hydrogen (secondary N) is 1. The summed E-state index contributed by atoms with van der Waals surface area (Å²) < 4.78 is 7.49. The Hall–Kier alpha value is -3.02. The molecule has 162 valence electrons. The lowest BCUT2D eigenvalue weighted by Crippen LogP contribution is -2.65. The van der Waals surface area contributed by atoms with Crippen molar-refractivity contribution in [3.8, 4) is 0 Å². The van der Waals surface area contributed by atoms with Crippen molar-refractivity contribution in [1.29, 1.82) is 0 Å². The molecule has 5 rings (SSSR count). The third kappa shape index (κ3) is 3.16. The Morgan fingerprint density at radius 2 is 1.90 bits per heavy atom. The van der Waals surface area contributed by atoms with Crippen LogP contribution in [0.25, 0.3) is 11.1 Å². The molecule has 0 bridgehead atoms. The first-order valence-corrected chi connectivity index (χ1v) is 11.2. The number of benzene rings is 1. The summed E-state index contributed by atoms with van der Waals surface area (Å²) in [5, 5.41) is 3.28. The fourth-order valence-electron chi connectivity index (χ4n) is 5.14. The van der Waals surface area contributed by atoms with E-state index in [0.717, 1.165) is 48.0 Å². The van der Waals surface area contributed by atoms with Crippen molar-refractivity contribution in [3.05, 3.63) is 53.4 Å². The van der Waals surface area contributed by atoms with Crippen LogP contribution >= 0.6 is 0 Å². The van der Waals surface area contributed by atoms with Crippen molar-refractivity contribution in [1.82, 2.24) is 9.88 Å². The molecule has 0 unspecified atom stereocenters. The molecule has 3 heterocycles. The Balaban J connectivity index is 1.63. The number of aromatic nitrogens is 1.